The lowest BCUT2D eigenvalue weighted by Crippen LogP contribution is -2.61. The number of carbonyl (C=O) groups excluding carboxylic acids is 2. The summed E-state index contributed by atoms with van der Waals surface area (Å²) in [7, 11) is 0. The van der Waals surface area contributed by atoms with Crippen LogP contribution in [-0.4, -0.2) is 58.3 Å². The van der Waals surface area contributed by atoms with Crippen LogP contribution in [0, 0.1) is 17.3 Å². The molecule has 1 N–H and O–H groups in total. The number of nitrogens with one attached hydrogen (secondary N) is 1. The maximum atomic E-state index is 13.6. The lowest BCUT2D eigenvalue weighted by Gasteiger charge is -2.60. The van der Waals surface area contributed by atoms with E-state index in [1.807, 2.05) is 4.90 Å². The SMILES string of the molecule is O=C1NCCN1C1CCCN(C(=O)C23CC4CC(CC(Br)(C4)C2)C3)C1. The first-order valence-corrected chi connectivity index (χ1v) is 10.8. The Morgan fingerprint density at radius 2 is 1.92 bits per heavy atom. The van der Waals surface area contributed by atoms with Crippen molar-refractivity contribution in [3.8, 4) is 0 Å². The zero-order valence-corrected chi connectivity index (χ0v) is 16.4. The predicted molar refractivity (Wildman–Crippen MR) is 98.5 cm³/mol. The van der Waals surface area contributed by atoms with E-state index in [-0.39, 0.29) is 21.8 Å². The van der Waals surface area contributed by atoms with E-state index in [4.69, 9.17) is 0 Å². The van der Waals surface area contributed by atoms with Gasteiger partial charge in [0.1, 0.15) is 0 Å². The average molecular weight is 410 g/mol. The molecule has 3 unspecified atom stereocenters. The zero-order valence-electron chi connectivity index (χ0n) is 14.8. The minimum absolute atomic E-state index is 0.0496. The van der Waals surface area contributed by atoms with Gasteiger partial charge in [0.15, 0.2) is 0 Å². The molecule has 0 aromatic rings. The van der Waals surface area contributed by atoms with E-state index in [2.05, 4.69) is 26.1 Å². The summed E-state index contributed by atoms with van der Waals surface area (Å²) in [5.41, 5.74) is -0.122. The number of alkyl halides is 1. The van der Waals surface area contributed by atoms with Crippen LogP contribution < -0.4 is 5.32 Å². The number of hydrogen-bond acceptors (Lipinski definition) is 2. The van der Waals surface area contributed by atoms with E-state index in [0.717, 1.165) is 70.1 Å². The van der Waals surface area contributed by atoms with E-state index in [1.165, 1.54) is 19.3 Å². The molecule has 6 rings (SSSR count). The van der Waals surface area contributed by atoms with Crippen LogP contribution in [0.2, 0.25) is 0 Å². The van der Waals surface area contributed by atoms with E-state index in [1.54, 1.807) is 0 Å². The third kappa shape index (κ3) is 2.62. The van der Waals surface area contributed by atoms with Crippen molar-refractivity contribution < 1.29 is 9.59 Å². The van der Waals surface area contributed by atoms with Crippen LogP contribution in [0.1, 0.15) is 51.4 Å². The molecule has 6 fully saturated rings. The lowest BCUT2D eigenvalue weighted by atomic mass is 9.49. The Labute approximate surface area is 158 Å². The maximum absolute atomic E-state index is 13.6. The Bertz CT molecular complexity index is 595. The number of nitrogens with zero attached hydrogens (tertiary/aromatic N) is 2. The van der Waals surface area contributed by atoms with E-state index < -0.39 is 0 Å². The molecule has 6 aliphatic rings. The molecular weight excluding hydrogens is 382 g/mol. The van der Waals surface area contributed by atoms with Crippen molar-refractivity contribution in [3.05, 3.63) is 0 Å². The van der Waals surface area contributed by atoms with Crippen LogP contribution >= 0.6 is 15.9 Å². The van der Waals surface area contributed by atoms with Gasteiger partial charge in [0.2, 0.25) is 5.91 Å². The first kappa shape index (κ1) is 16.4. The van der Waals surface area contributed by atoms with E-state index >= 15 is 0 Å². The highest BCUT2D eigenvalue weighted by atomic mass is 79.9. The van der Waals surface area contributed by atoms with Crippen molar-refractivity contribution >= 4 is 27.9 Å². The summed E-state index contributed by atoms with van der Waals surface area (Å²) in [5, 5.41) is 2.90. The average Bonchev–Trinajstić information content (AvgIpc) is 2.98. The minimum Gasteiger partial charge on any atom is -0.340 e. The quantitative estimate of drug-likeness (QED) is 0.712. The van der Waals surface area contributed by atoms with Gasteiger partial charge in [-0.05, 0) is 63.2 Å². The second-order valence-electron chi connectivity index (χ2n) is 9.36. The fourth-order valence-corrected chi connectivity index (χ4v) is 8.42. The number of likely N-dealkylation sites (tertiary alicyclic amines) is 1. The Hall–Kier alpha value is -0.780. The Balaban J connectivity index is 1.34. The Kier molecular flexibility index (Phi) is 3.68. The molecule has 6 heteroatoms. The molecule has 0 aromatic heterocycles. The van der Waals surface area contributed by atoms with Crippen LogP contribution in [0.15, 0.2) is 0 Å². The molecule has 2 saturated heterocycles. The van der Waals surface area contributed by atoms with E-state index in [0.29, 0.717) is 5.91 Å². The molecule has 4 saturated carbocycles. The molecule has 25 heavy (non-hydrogen) atoms. The third-order valence-electron chi connectivity index (χ3n) is 7.46. The van der Waals surface area contributed by atoms with Crippen molar-refractivity contribution in [1.29, 1.82) is 0 Å². The van der Waals surface area contributed by atoms with Crippen molar-refractivity contribution in [2.24, 2.45) is 17.3 Å². The van der Waals surface area contributed by atoms with Gasteiger partial charge in [-0.3, -0.25) is 4.79 Å². The molecule has 138 valence electrons. The number of urea groups is 1. The highest BCUT2D eigenvalue weighted by molar-refractivity contribution is 9.10. The normalized spacial score (nSPS) is 45.8. The highest BCUT2D eigenvalue weighted by Gasteiger charge is 2.60. The van der Waals surface area contributed by atoms with Crippen LogP contribution in [0.5, 0.6) is 0 Å². The summed E-state index contributed by atoms with van der Waals surface area (Å²) in [4.78, 5) is 29.7. The minimum atomic E-state index is -0.122. The molecule has 0 aromatic carbocycles. The summed E-state index contributed by atoms with van der Waals surface area (Å²) in [5.74, 6) is 1.86. The van der Waals surface area contributed by atoms with Crippen LogP contribution in [0.25, 0.3) is 0 Å². The van der Waals surface area contributed by atoms with Gasteiger partial charge in [-0.2, -0.15) is 0 Å². The summed E-state index contributed by atoms with van der Waals surface area (Å²) < 4.78 is 0.219. The number of hydrogen-bond donors (Lipinski definition) is 1. The molecule has 3 atom stereocenters. The second-order valence-corrected chi connectivity index (χ2v) is 11.0. The van der Waals surface area contributed by atoms with Crippen molar-refractivity contribution in [3.63, 3.8) is 0 Å². The van der Waals surface area contributed by atoms with Gasteiger partial charge in [0.25, 0.3) is 0 Å². The Morgan fingerprint density at radius 3 is 2.56 bits per heavy atom. The summed E-state index contributed by atoms with van der Waals surface area (Å²) in [6.45, 7) is 3.13. The van der Waals surface area contributed by atoms with Crippen LogP contribution in [-0.2, 0) is 4.79 Å². The zero-order chi connectivity index (χ0) is 17.2. The van der Waals surface area contributed by atoms with Gasteiger partial charge in [-0.15, -0.1) is 0 Å². The van der Waals surface area contributed by atoms with E-state index in [9.17, 15) is 9.59 Å². The van der Waals surface area contributed by atoms with Gasteiger partial charge in [0, 0.05) is 30.5 Å². The predicted octanol–water partition coefficient (Wildman–Crippen LogP) is 2.74. The topological polar surface area (TPSA) is 52.7 Å². The molecule has 5 nitrogen and oxygen atoms in total. The van der Waals surface area contributed by atoms with Gasteiger partial charge < -0.3 is 15.1 Å². The summed E-state index contributed by atoms with van der Waals surface area (Å²) in [6, 6.07) is 0.251. The molecule has 2 aliphatic heterocycles. The molecule has 0 radical (unpaired) electrons. The third-order valence-corrected chi connectivity index (χ3v) is 8.39. The van der Waals surface area contributed by atoms with Gasteiger partial charge in [-0.25, -0.2) is 4.79 Å². The molecule has 2 heterocycles. The number of halogens is 1. The molecule has 4 aliphatic carbocycles. The fourth-order valence-electron chi connectivity index (χ4n) is 6.96. The second kappa shape index (κ2) is 5.61. The lowest BCUT2D eigenvalue weighted by molar-refractivity contribution is -0.157. The Morgan fingerprint density at radius 1 is 1.16 bits per heavy atom. The smallest absolute Gasteiger partial charge is 0.317 e. The van der Waals surface area contributed by atoms with Gasteiger partial charge in [-0.1, -0.05) is 15.9 Å². The highest BCUT2D eigenvalue weighted by Crippen LogP contribution is 2.64. The summed E-state index contributed by atoms with van der Waals surface area (Å²) in [6.07, 6.45) is 9.11. The first-order chi connectivity index (χ1) is 12.0. The van der Waals surface area contributed by atoms with Crippen molar-refractivity contribution in [2.45, 2.75) is 61.7 Å². The fraction of sp³-hybridized carbons (Fsp3) is 0.895. The van der Waals surface area contributed by atoms with Crippen molar-refractivity contribution in [1.82, 2.24) is 15.1 Å². The largest absolute Gasteiger partial charge is 0.340 e. The van der Waals surface area contributed by atoms with Crippen molar-refractivity contribution in [2.75, 3.05) is 26.2 Å². The number of rotatable bonds is 2. The molecule has 4 bridgehead atoms. The molecular formula is C19H28BrN3O2. The number of amides is 3. The van der Waals surface area contributed by atoms with Gasteiger partial charge >= 0.3 is 6.03 Å². The maximum Gasteiger partial charge on any atom is 0.317 e. The van der Waals surface area contributed by atoms with Crippen LogP contribution in [0.4, 0.5) is 4.79 Å². The van der Waals surface area contributed by atoms with Crippen LogP contribution in [0.3, 0.4) is 0 Å². The molecule has 3 amide bonds. The van der Waals surface area contributed by atoms with Gasteiger partial charge in [0.05, 0.1) is 11.5 Å². The summed E-state index contributed by atoms with van der Waals surface area (Å²) >= 11 is 4.03. The first-order valence-electron chi connectivity index (χ1n) is 9.99. The monoisotopic (exact) mass is 409 g/mol. The molecule has 0 spiro atoms. The standard InChI is InChI=1S/C19H28BrN3O2/c20-19-9-13-6-14(10-19)8-18(7-13,12-19)16(24)22-4-1-2-15(11-22)23-5-3-21-17(23)25/h13-15H,1-12H2,(H,21,25). The number of piperidine rings is 1. The number of carbonyl (C=O) groups is 2.